The Morgan fingerprint density at radius 2 is 1.81 bits per heavy atom. The van der Waals surface area contributed by atoms with Gasteiger partial charge in [0.15, 0.2) is 0 Å². The van der Waals surface area contributed by atoms with E-state index in [1.165, 1.54) is 12.8 Å². The summed E-state index contributed by atoms with van der Waals surface area (Å²) in [5, 5.41) is 5.96. The largest absolute Gasteiger partial charge is 0.352 e. The van der Waals surface area contributed by atoms with Crippen molar-refractivity contribution >= 4 is 17.8 Å². The summed E-state index contributed by atoms with van der Waals surface area (Å²) in [5.74, 6) is -0.0820. The van der Waals surface area contributed by atoms with Crippen molar-refractivity contribution in [3.63, 3.8) is 0 Å². The first-order valence-corrected chi connectivity index (χ1v) is 10.1. The first kappa shape index (κ1) is 19.2. The quantitative estimate of drug-likeness (QED) is 0.598. The van der Waals surface area contributed by atoms with Crippen LogP contribution in [-0.2, 0) is 9.59 Å². The van der Waals surface area contributed by atoms with E-state index in [1.807, 2.05) is 0 Å². The maximum absolute atomic E-state index is 13.1. The molecule has 3 fully saturated rings. The van der Waals surface area contributed by atoms with Gasteiger partial charge in [-0.05, 0) is 43.4 Å². The predicted octanol–water partition coefficient (Wildman–Crippen LogP) is 2.96. The number of carbonyl (C=O) groups is 3. The molecule has 0 aromatic carbocycles. The van der Waals surface area contributed by atoms with Crippen LogP contribution in [0.2, 0.25) is 0 Å². The normalized spacial score (nSPS) is 32.4. The Morgan fingerprint density at radius 3 is 2.42 bits per heavy atom. The fraction of sp³-hybridized carbons (Fsp3) is 0.850. The van der Waals surface area contributed by atoms with Crippen LogP contribution in [0.25, 0.3) is 0 Å². The minimum Gasteiger partial charge on any atom is -0.352 e. The molecule has 1 aliphatic heterocycles. The number of rotatable bonds is 3. The van der Waals surface area contributed by atoms with E-state index in [-0.39, 0.29) is 29.8 Å². The molecule has 1 heterocycles. The zero-order valence-electron chi connectivity index (χ0n) is 16.4. The average Bonchev–Trinajstić information content (AvgIpc) is 2.72. The molecule has 1 saturated heterocycles. The summed E-state index contributed by atoms with van der Waals surface area (Å²) in [6.45, 7) is 6.25. The molecule has 1 spiro atoms. The van der Waals surface area contributed by atoms with Gasteiger partial charge >= 0.3 is 6.03 Å². The molecular weight excluding hydrogens is 330 g/mol. The van der Waals surface area contributed by atoms with Crippen molar-refractivity contribution in [2.75, 3.05) is 6.54 Å². The van der Waals surface area contributed by atoms with Crippen molar-refractivity contribution in [3.8, 4) is 0 Å². The van der Waals surface area contributed by atoms with Gasteiger partial charge in [-0.25, -0.2) is 4.79 Å². The maximum atomic E-state index is 13.1. The summed E-state index contributed by atoms with van der Waals surface area (Å²) in [5.41, 5.74) is -0.833. The monoisotopic (exact) mass is 363 g/mol. The van der Waals surface area contributed by atoms with Crippen LogP contribution in [0.15, 0.2) is 0 Å². The van der Waals surface area contributed by atoms with Gasteiger partial charge in [0.2, 0.25) is 5.91 Å². The van der Waals surface area contributed by atoms with Crippen molar-refractivity contribution in [1.82, 2.24) is 15.5 Å². The number of urea groups is 1. The standard InChI is InChI=1S/C20H33N3O3/c1-14-10-19(2,3)13-20(11-14)17(25)23(18(26)22-20)12-16(24)21-15-8-6-4-5-7-9-15/h14-15H,4-13H2,1-3H3,(H,21,24)(H,22,26)/t14-,20-/m0/s1. The van der Waals surface area contributed by atoms with E-state index in [0.29, 0.717) is 18.8 Å². The molecule has 0 aromatic heterocycles. The Kier molecular flexibility index (Phi) is 5.31. The molecule has 146 valence electrons. The first-order chi connectivity index (χ1) is 12.2. The summed E-state index contributed by atoms with van der Waals surface area (Å²) in [7, 11) is 0. The Labute approximate surface area is 156 Å². The molecule has 26 heavy (non-hydrogen) atoms. The lowest BCUT2D eigenvalue weighted by Crippen LogP contribution is -2.54. The number of imide groups is 1. The molecule has 0 aromatic rings. The van der Waals surface area contributed by atoms with Crippen LogP contribution in [-0.4, -0.2) is 40.9 Å². The number of hydrogen-bond acceptors (Lipinski definition) is 3. The lowest BCUT2D eigenvalue weighted by atomic mass is 9.64. The molecule has 0 radical (unpaired) electrons. The molecule has 2 N–H and O–H groups in total. The lowest BCUT2D eigenvalue weighted by molar-refractivity contribution is -0.137. The second-order valence-corrected chi connectivity index (χ2v) is 9.51. The molecule has 2 saturated carbocycles. The van der Waals surface area contributed by atoms with Crippen molar-refractivity contribution in [2.45, 2.75) is 90.1 Å². The molecule has 2 aliphatic carbocycles. The van der Waals surface area contributed by atoms with E-state index >= 15 is 0 Å². The SMILES string of the molecule is C[C@H]1CC(C)(C)C[C@]2(C1)NC(=O)N(CC(=O)NC1CCCCCC1)C2=O. The van der Waals surface area contributed by atoms with Crippen molar-refractivity contribution in [2.24, 2.45) is 11.3 Å². The van der Waals surface area contributed by atoms with Crippen molar-refractivity contribution in [1.29, 1.82) is 0 Å². The maximum Gasteiger partial charge on any atom is 0.325 e. The van der Waals surface area contributed by atoms with Crippen LogP contribution >= 0.6 is 0 Å². The highest BCUT2D eigenvalue weighted by atomic mass is 16.2. The summed E-state index contributed by atoms with van der Waals surface area (Å²) in [6.07, 6.45) is 9.00. The van der Waals surface area contributed by atoms with Gasteiger partial charge in [-0.15, -0.1) is 0 Å². The summed E-state index contributed by atoms with van der Waals surface area (Å²) < 4.78 is 0. The average molecular weight is 364 g/mol. The lowest BCUT2D eigenvalue weighted by Gasteiger charge is -2.43. The van der Waals surface area contributed by atoms with Gasteiger partial charge in [0.05, 0.1) is 0 Å². The second kappa shape index (κ2) is 7.20. The predicted molar refractivity (Wildman–Crippen MR) is 99.4 cm³/mol. The minimum absolute atomic E-state index is 0.000771. The highest BCUT2D eigenvalue weighted by Crippen LogP contribution is 2.46. The number of carbonyl (C=O) groups excluding carboxylic acids is 3. The number of nitrogens with zero attached hydrogens (tertiary/aromatic N) is 1. The molecule has 0 unspecified atom stereocenters. The zero-order valence-corrected chi connectivity index (χ0v) is 16.4. The van der Waals surface area contributed by atoms with Crippen LogP contribution in [0.3, 0.4) is 0 Å². The van der Waals surface area contributed by atoms with E-state index < -0.39 is 11.6 Å². The summed E-state index contributed by atoms with van der Waals surface area (Å²) in [6, 6.07) is -0.246. The summed E-state index contributed by atoms with van der Waals surface area (Å²) in [4.78, 5) is 39.1. The second-order valence-electron chi connectivity index (χ2n) is 9.51. The molecule has 3 rings (SSSR count). The molecule has 3 aliphatic rings. The first-order valence-electron chi connectivity index (χ1n) is 10.1. The van der Waals surface area contributed by atoms with Crippen LogP contribution in [0.4, 0.5) is 4.79 Å². The van der Waals surface area contributed by atoms with E-state index in [9.17, 15) is 14.4 Å². The molecule has 6 nitrogen and oxygen atoms in total. The van der Waals surface area contributed by atoms with E-state index in [4.69, 9.17) is 0 Å². The van der Waals surface area contributed by atoms with Crippen LogP contribution < -0.4 is 10.6 Å². The molecule has 2 atom stereocenters. The van der Waals surface area contributed by atoms with Gasteiger partial charge in [0, 0.05) is 6.04 Å². The van der Waals surface area contributed by atoms with Gasteiger partial charge in [-0.1, -0.05) is 46.5 Å². The zero-order chi connectivity index (χ0) is 18.9. The van der Waals surface area contributed by atoms with E-state index in [2.05, 4.69) is 31.4 Å². The molecule has 6 heteroatoms. The van der Waals surface area contributed by atoms with Gasteiger partial charge in [-0.3, -0.25) is 14.5 Å². The summed E-state index contributed by atoms with van der Waals surface area (Å²) >= 11 is 0. The third-order valence-corrected chi connectivity index (χ3v) is 6.15. The smallest absolute Gasteiger partial charge is 0.325 e. The fourth-order valence-corrected chi connectivity index (χ4v) is 5.49. The Balaban J connectivity index is 1.64. The number of amides is 4. The third-order valence-electron chi connectivity index (χ3n) is 6.15. The number of hydrogen-bond donors (Lipinski definition) is 2. The van der Waals surface area contributed by atoms with Crippen molar-refractivity contribution < 1.29 is 14.4 Å². The molecule has 4 amide bonds. The van der Waals surface area contributed by atoms with Crippen molar-refractivity contribution in [3.05, 3.63) is 0 Å². The highest BCUT2D eigenvalue weighted by molar-refractivity contribution is 6.09. The fourth-order valence-electron chi connectivity index (χ4n) is 5.49. The molecule has 0 bridgehead atoms. The van der Waals surface area contributed by atoms with Crippen LogP contribution in [0, 0.1) is 11.3 Å². The Bertz CT molecular complexity index is 581. The topological polar surface area (TPSA) is 78.5 Å². The van der Waals surface area contributed by atoms with E-state index in [1.54, 1.807) is 0 Å². The number of nitrogens with one attached hydrogen (secondary N) is 2. The van der Waals surface area contributed by atoms with Gasteiger partial charge in [0.1, 0.15) is 12.1 Å². The van der Waals surface area contributed by atoms with Gasteiger partial charge in [-0.2, -0.15) is 0 Å². The van der Waals surface area contributed by atoms with Crippen LogP contribution in [0.1, 0.15) is 78.6 Å². The molecular formula is C20H33N3O3. The van der Waals surface area contributed by atoms with Gasteiger partial charge < -0.3 is 10.6 Å². The van der Waals surface area contributed by atoms with E-state index in [0.717, 1.165) is 37.0 Å². The third kappa shape index (κ3) is 4.04. The Morgan fingerprint density at radius 1 is 1.15 bits per heavy atom. The minimum atomic E-state index is -0.832. The van der Waals surface area contributed by atoms with Crippen LogP contribution in [0.5, 0.6) is 0 Å². The Hall–Kier alpha value is -1.59. The van der Waals surface area contributed by atoms with Gasteiger partial charge in [0.25, 0.3) is 5.91 Å². The highest BCUT2D eigenvalue weighted by Gasteiger charge is 2.56.